The first-order valence-corrected chi connectivity index (χ1v) is 20.8. The van der Waals surface area contributed by atoms with Crippen molar-refractivity contribution in [1.82, 2.24) is 48.0 Å². The van der Waals surface area contributed by atoms with Gasteiger partial charge < -0.3 is 14.4 Å². The van der Waals surface area contributed by atoms with Gasteiger partial charge in [0.25, 0.3) is 0 Å². The zero-order valence-electron chi connectivity index (χ0n) is 33.1. The molecule has 0 aromatic carbocycles. The van der Waals surface area contributed by atoms with E-state index in [1.165, 1.54) is 12.4 Å². The number of pyridine rings is 2. The second kappa shape index (κ2) is 14.4. The number of piperidine rings is 1. The quantitative estimate of drug-likeness (QED) is 0.158. The standard InChI is InChI=1S/C40H48N10O6S/c1-39(2,3)55-37(51)26-7-10-31(11-8-26)48-24-29(19-43-48)27-9-12-35-42-22-36(47(35)23-27)57(53,54)50-34-17-28(18-41-33(34)21-45-50)30-20-44-49(25-30)32-13-15-46(16-14-32)38(52)56-40(4,5)6/h9,12,17-26,31-32H,7-8,10-11,13-16H2,1-6H3. The number of likely N-dealkylation sites (tertiary alicyclic amines) is 1. The summed E-state index contributed by atoms with van der Waals surface area (Å²) in [6, 6.07) is 5.67. The molecule has 6 aromatic rings. The number of ether oxygens (including phenoxy) is 2. The van der Waals surface area contributed by atoms with Crippen molar-refractivity contribution in [3.05, 3.63) is 67.8 Å². The molecule has 1 saturated heterocycles. The molecule has 0 bridgehead atoms. The van der Waals surface area contributed by atoms with Crippen LogP contribution >= 0.6 is 0 Å². The van der Waals surface area contributed by atoms with Crippen molar-refractivity contribution in [2.45, 2.75) is 108 Å². The van der Waals surface area contributed by atoms with Gasteiger partial charge in [-0.2, -0.15) is 27.8 Å². The molecule has 1 aliphatic heterocycles. The van der Waals surface area contributed by atoms with Crippen molar-refractivity contribution in [3.63, 3.8) is 0 Å². The van der Waals surface area contributed by atoms with Crippen LogP contribution in [0.5, 0.6) is 0 Å². The summed E-state index contributed by atoms with van der Waals surface area (Å²) >= 11 is 0. The van der Waals surface area contributed by atoms with E-state index in [9.17, 15) is 18.0 Å². The first-order chi connectivity index (χ1) is 27.0. The van der Waals surface area contributed by atoms with Crippen molar-refractivity contribution in [3.8, 4) is 22.3 Å². The van der Waals surface area contributed by atoms with E-state index >= 15 is 0 Å². The molecule has 17 heteroatoms. The molecule has 0 N–H and O–H groups in total. The number of carbonyl (C=O) groups excluding carboxylic acids is 2. The van der Waals surface area contributed by atoms with Gasteiger partial charge in [-0.15, -0.1) is 0 Å². The van der Waals surface area contributed by atoms with Gasteiger partial charge in [-0.05, 0) is 98.3 Å². The molecule has 16 nitrogen and oxygen atoms in total. The lowest BCUT2D eigenvalue weighted by Gasteiger charge is -2.33. The second-order valence-corrected chi connectivity index (χ2v) is 18.7. The Hall–Kier alpha value is -5.58. The average molecular weight is 797 g/mol. The molecule has 1 saturated carbocycles. The molecule has 1 aliphatic carbocycles. The maximum absolute atomic E-state index is 14.3. The zero-order chi connectivity index (χ0) is 40.3. The summed E-state index contributed by atoms with van der Waals surface area (Å²) in [4.78, 5) is 35.8. The molecule has 8 rings (SSSR count). The van der Waals surface area contributed by atoms with Gasteiger partial charge in [-0.1, -0.05) is 0 Å². The fourth-order valence-corrected chi connectivity index (χ4v) is 8.95. The second-order valence-electron chi connectivity index (χ2n) is 17.0. The molecule has 6 aromatic heterocycles. The fourth-order valence-electron chi connectivity index (χ4n) is 7.62. The smallest absolute Gasteiger partial charge is 0.410 e. The molecule has 300 valence electrons. The predicted octanol–water partition coefficient (Wildman–Crippen LogP) is 6.69. The minimum atomic E-state index is -4.23. The van der Waals surface area contributed by atoms with E-state index in [1.54, 1.807) is 46.2 Å². The van der Waals surface area contributed by atoms with Crippen LogP contribution in [0.4, 0.5) is 4.79 Å². The maximum atomic E-state index is 14.3. The molecule has 2 fully saturated rings. The largest absolute Gasteiger partial charge is 0.460 e. The molecular weight excluding hydrogens is 749 g/mol. The van der Waals surface area contributed by atoms with Crippen molar-refractivity contribution >= 4 is 38.8 Å². The van der Waals surface area contributed by atoms with E-state index in [0.717, 1.165) is 59.3 Å². The number of esters is 1. The Labute approximate surface area is 330 Å². The number of rotatable bonds is 7. The van der Waals surface area contributed by atoms with Gasteiger partial charge in [0.1, 0.15) is 27.9 Å². The topological polar surface area (TPSA) is 174 Å². The minimum absolute atomic E-state index is 0.0480. The van der Waals surface area contributed by atoms with Crippen LogP contribution in [0.1, 0.15) is 92.2 Å². The van der Waals surface area contributed by atoms with Crippen LogP contribution in [0.15, 0.2) is 72.8 Å². The van der Waals surface area contributed by atoms with Crippen LogP contribution in [0.25, 0.3) is 38.9 Å². The third-order valence-corrected chi connectivity index (χ3v) is 12.1. The van der Waals surface area contributed by atoms with Crippen LogP contribution in [0.3, 0.4) is 0 Å². The molecule has 0 atom stereocenters. The number of fused-ring (bicyclic) bond motifs is 2. The van der Waals surface area contributed by atoms with E-state index in [0.29, 0.717) is 35.3 Å². The van der Waals surface area contributed by atoms with Crippen LogP contribution in [0.2, 0.25) is 0 Å². The first-order valence-electron chi connectivity index (χ1n) is 19.4. The number of amides is 1. The predicted molar refractivity (Wildman–Crippen MR) is 211 cm³/mol. The molecule has 0 spiro atoms. The molecule has 57 heavy (non-hydrogen) atoms. The third kappa shape index (κ3) is 7.89. The molecule has 7 heterocycles. The highest BCUT2D eigenvalue weighted by atomic mass is 32.2. The van der Waals surface area contributed by atoms with E-state index in [-0.39, 0.29) is 35.1 Å². The number of aromatic nitrogens is 9. The number of carbonyl (C=O) groups is 2. The Morgan fingerprint density at radius 1 is 0.684 bits per heavy atom. The molecule has 0 radical (unpaired) electrons. The summed E-state index contributed by atoms with van der Waals surface area (Å²) in [6.07, 6.45) is 17.8. The molecule has 1 amide bonds. The van der Waals surface area contributed by atoms with Crippen LogP contribution in [-0.2, 0) is 24.3 Å². The Bertz CT molecular complexity index is 2390. The Balaban J connectivity index is 0.989. The Kier molecular flexibility index (Phi) is 9.69. The summed E-state index contributed by atoms with van der Waals surface area (Å²) in [5.41, 5.74) is 3.21. The van der Waals surface area contributed by atoms with Gasteiger partial charge in [0, 0.05) is 60.1 Å². The zero-order valence-corrected chi connectivity index (χ0v) is 33.9. The van der Waals surface area contributed by atoms with Crippen molar-refractivity contribution in [1.29, 1.82) is 0 Å². The lowest BCUT2D eigenvalue weighted by atomic mass is 9.86. The monoisotopic (exact) mass is 796 g/mol. The summed E-state index contributed by atoms with van der Waals surface area (Å²) in [7, 11) is -4.23. The van der Waals surface area contributed by atoms with Gasteiger partial charge in [0.15, 0.2) is 5.03 Å². The van der Waals surface area contributed by atoms with Crippen LogP contribution in [0, 0.1) is 5.92 Å². The summed E-state index contributed by atoms with van der Waals surface area (Å²) in [6.45, 7) is 12.3. The van der Waals surface area contributed by atoms with Crippen molar-refractivity contribution < 1.29 is 27.5 Å². The average Bonchev–Trinajstić information content (AvgIpc) is 3.99. The van der Waals surface area contributed by atoms with Gasteiger partial charge in [-0.25, -0.2) is 9.78 Å². The van der Waals surface area contributed by atoms with Crippen LogP contribution in [-0.4, -0.2) is 92.8 Å². The highest BCUT2D eigenvalue weighted by molar-refractivity contribution is 7.90. The lowest BCUT2D eigenvalue weighted by Crippen LogP contribution is -2.42. The summed E-state index contributed by atoms with van der Waals surface area (Å²) < 4.78 is 46.2. The summed E-state index contributed by atoms with van der Waals surface area (Å²) in [5, 5.41) is 13.5. The Morgan fingerprint density at radius 2 is 1.32 bits per heavy atom. The van der Waals surface area contributed by atoms with E-state index < -0.39 is 21.2 Å². The van der Waals surface area contributed by atoms with Crippen molar-refractivity contribution in [2.75, 3.05) is 13.1 Å². The molecule has 2 aliphatic rings. The highest BCUT2D eigenvalue weighted by Gasteiger charge is 2.32. The third-order valence-electron chi connectivity index (χ3n) is 10.5. The summed E-state index contributed by atoms with van der Waals surface area (Å²) in [5.74, 6) is -0.249. The van der Waals surface area contributed by atoms with Gasteiger partial charge >= 0.3 is 22.1 Å². The van der Waals surface area contributed by atoms with E-state index in [4.69, 9.17) is 9.47 Å². The number of hydrogen-bond acceptors (Lipinski definition) is 11. The van der Waals surface area contributed by atoms with Gasteiger partial charge in [0.05, 0.1) is 42.8 Å². The fraction of sp³-hybridized carbons (Fsp3) is 0.475. The number of hydrogen-bond donors (Lipinski definition) is 0. The lowest BCUT2D eigenvalue weighted by molar-refractivity contribution is -0.161. The Morgan fingerprint density at radius 3 is 1.96 bits per heavy atom. The van der Waals surface area contributed by atoms with Gasteiger partial charge in [-0.3, -0.25) is 23.5 Å². The first kappa shape index (κ1) is 38.3. The van der Waals surface area contributed by atoms with Crippen molar-refractivity contribution in [2.24, 2.45) is 5.92 Å². The van der Waals surface area contributed by atoms with Gasteiger partial charge in [0.2, 0.25) is 0 Å². The number of imidazole rings is 1. The maximum Gasteiger partial charge on any atom is 0.410 e. The minimum Gasteiger partial charge on any atom is -0.460 e. The molecule has 0 unspecified atom stereocenters. The normalized spacial score (nSPS) is 18.7. The van der Waals surface area contributed by atoms with E-state index in [2.05, 4.69) is 25.3 Å². The number of nitrogens with zero attached hydrogens (tertiary/aromatic N) is 10. The highest BCUT2D eigenvalue weighted by Crippen LogP contribution is 2.35. The SMILES string of the molecule is CC(C)(C)OC(=O)C1CCC(n2cc(-c3ccc4ncc(S(=O)(=O)n5ncc6ncc(-c7cnn(C8CCN(C(=O)OC(C)(C)C)CC8)c7)cc65)n4c3)cn2)CC1. The van der Waals surface area contributed by atoms with Crippen LogP contribution < -0.4 is 0 Å². The molecular formula is C40H48N10O6S. The van der Waals surface area contributed by atoms with E-state index in [1.807, 2.05) is 69.4 Å².